The molecule has 0 unspecified atom stereocenters. The maximum absolute atomic E-state index is 5.89. The summed E-state index contributed by atoms with van der Waals surface area (Å²) in [5.41, 5.74) is 3.01. The van der Waals surface area contributed by atoms with Crippen molar-refractivity contribution in [3.63, 3.8) is 0 Å². The number of halogens is 1. The van der Waals surface area contributed by atoms with Crippen LogP contribution in [0.3, 0.4) is 0 Å². The Morgan fingerprint density at radius 1 is 0.963 bits per heavy atom. The Bertz CT molecular complexity index is 1030. The van der Waals surface area contributed by atoms with Gasteiger partial charge in [0, 0.05) is 16.1 Å². The molecule has 0 amide bonds. The van der Waals surface area contributed by atoms with Crippen LogP contribution >= 0.6 is 23.4 Å². The van der Waals surface area contributed by atoms with Gasteiger partial charge in [-0.05, 0) is 36.2 Å². The third-order valence-electron chi connectivity index (χ3n) is 3.91. The topological polar surface area (TPSA) is 77.8 Å². The summed E-state index contributed by atoms with van der Waals surface area (Å²) in [5, 5.41) is 13.2. The molecule has 4 aromatic rings. The molecule has 0 aliphatic rings. The SMILES string of the molecule is CCc1ccc(-c2noc(CSc3nnc(-c4ccc(Cl)cc4)o3)n2)cc1. The van der Waals surface area contributed by atoms with Crippen LogP contribution in [0.25, 0.3) is 22.8 Å². The fourth-order valence-electron chi connectivity index (χ4n) is 2.42. The minimum atomic E-state index is 0.437. The molecule has 0 atom stereocenters. The van der Waals surface area contributed by atoms with Crippen molar-refractivity contribution in [3.8, 4) is 22.8 Å². The van der Waals surface area contributed by atoms with Crippen LogP contribution in [0.1, 0.15) is 18.4 Å². The molecular formula is C19H15ClN4O2S. The first-order chi connectivity index (χ1) is 13.2. The smallest absolute Gasteiger partial charge is 0.277 e. The molecule has 2 aromatic carbocycles. The zero-order valence-corrected chi connectivity index (χ0v) is 16.0. The second-order valence-electron chi connectivity index (χ2n) is 5.73. The number of rotatable bonds is 6. The summed E-state index contributed by atoms with van der Waals surface area (Å²) >= 11 is 7.23. The first-order valence-electron chi connectivity index (χ1n) is 8.35. The van der Waals surface area contributed by atoms with Gasteiger partial charge >= 0.3 is 0 Å². The van der Waals surface area contributed by atoms with E-state index < -0.39 is 0 Å². The van der Waals surface area contributed by atoms with Crippen molar-refractivity contribution in [3.05, 3.63) is 65.0 Å². The zero-order chi connectivity index (χ0) is 18.6. The lowest BCUT2D eigenvalue weighted by Crippen LogP contribution is -1.84. The van der Waals surface area contributed by atoms with E-state index >= 15 is 0 Å². The maximum atomic E-state index is 5.89. The number of aromatic nitrogens is 4. The Morgan fingerprint density at radius 3 is 2.44 bits per heavy atom. The van der Waals surface area contributed by atoms with Crippen molar-refractivity contribution in [2.75, 3.05) is 0 Å². The summed E-state index contributed by atoms with van der Waals surface area (Å²) < 4.78 is 11.0. The molecule has 0 aliphatic carbocycles. The number of aryl methyl sites for hydroxylation is 1. The van der Waals surface area contributed by atoms with E-state index in [4.69, 9.17) is 20.5 Å². The molecule has 0 radical (unpaired) electrons. The van der Waals surface area contributed by atoms with Crippen molar-refractivity contribution in [1.82, 2.24) is 20.3 Å². The van der Waals surface area contributed by atoms with Crippen LogP contribution in [-0.4, -0.2) is 20.3 Å². The summed E-state index contributed by atoms with van der Waals surface area (Å²) in [6.07, 6.45) is 0.997. The van der Waals surface area contributed by atoms with Gasteiger partial charge in [0.15, 0.2) is 0 Å². The molecule has 4 rings (SSSR count). The molecule has 8 heteroatoms. The lowest BCUT2D eigenvalue weighted by Gasteiger charge is -1.97. The molecule has 0 saturated heterocycles. The molecule has 2 aromatic heterocycles. The van der Waals surface area contributed by atoms with Gasteiger partial charge in [0.25, 0.3) is 5.22 Å². The van der Waals surface area contributed by atoms with Gasteiger partial charge in [-0.2, -0.15) is 4.98 Å². The Hall–Kier alpha value is -2.64. The fraction of sp³-hybridized carbons (Fsp3) is 0.158. The monoisotopic (exact) mass is 398 g/mol. The highest BCUT2D eigenvalue weighted by Gasteiger charge is 2.13. The van der Waals surface area contributed by atoms with Crippen molar-refractivity contribution >= 4 is 23.4 Å². The van der Waals surface area contributed by atoms with E-state index in [1.807, 2.05) is 24.3 Å². The van der Waals surface area contributed by atoms with Gasteiger partial charge < -0.3 is 8.94 Å². The van der Waals surface area contributed by atoms with Crippen molar-refractivity contribution in [1.29, 1.82) is 0 Å². The quantitative estimate of drug-likeness (QED) is 0.408. The first-order valence-corrected chi connectivity index (χ1v) is 9.72. The summed E-state index contributed by atoms with van der Waals surface area (Å²) in [6, 6.07) is 15.3. The number of hydrogen-bond acceptors (Lipinski definition) is 7. The lowest BCUT2D eigenvalue weighted by atomic mass is 10.1. The molecular weight excluding hydrogens is 384 g/mol. The largest absolute Gasteiger partial charge is 0.411 e. The first kappa shape index (κ1) is 17.8. The highest BCUT2D eigenvalue weighted by Crippen LogP contribution is 2.27. The fourth-order valence-corrected chi connectivity index (χ4v) is 3.15. The van der Waals surface area contributed by atoms with Crippen molar-refractivity contribution in [2.24, 2.45) is 0 Å². The van der Waals surface area contributed by atoms with Gasteiger partial charge in [-0.25, -0.2) is 0 Å². The van der Waals surface area contributed by atoms with Gasteiger partial charge in [-0.3, -0.25) is 0 Å². The Labute approximate surface area is 165 Å². The van der Waals surface area contributed by atoms with Gasteiger partial charge in [0.2, 0.25) is 17.6 Å². The normalized spacial score (nSPS) is 11.0. The molecule has 0 bridgehead atoms. The molecule has 0 aliphatic heterocycles. The molecule has 0 N–H and O–H groups in total. The summed E-state index contributed by atoms with van der Waals surface area (Å²) in [5.74, 6) is 1.96. The van der Waals surface area contributed by atoms with Crippen LogP contribution in [-0.2, 0) is 12.2 Å². The van der Waals surface area contributed by atoms with E-state index in [2.05, 4.69) is 39.4 Å². The number of benzene rings is 2. The Balaban J connectivity index is 1.40. The standard InChI is InChI=1S/C19H15ClN4O2S/c1-2-12-3-5-13(6-4-12)17-21-16(26-24-17)11-27-19-23-22-18(25-19)14-7-9-15(20)10-8-14/h3-10H,2,11H2,1H3. The van der Waals surface area contributed by atoms with Crippen molar-refractivity contribution < 1.29 is 8.94 Å². The van der Waals surface area contributed by atoms with E-state index in [1.54, 1.807) is 12.1 Å². The van der Waals surface area contributed by atoms with Gasteiger partial charge in [-0.15, -0.1) is 10.2 Å². The number of nitrogens with zero attached hydrogens (tertiary/aromatic N) is 4. The van der Waals surface area contributed by atoms with E-state index in [1.165, 1.54) is 17.3 Å². The molecule has 0 spiro atoms. The second kappa shape index (κ2) is 7.94. The summed E-state index contributed by atoms with van der Waals surface area (Å²) in [7, 11) is 0. The average molecular weight is 399 g/mol. The van der Waals surface area contributed by atoms with Gasteiger partial charge in [0.05, 0.1) is 5.75 Å². The van der Waals surface area contributed by atoms with E-state index in [0.717, 1.165) is 17.5 Å². The Kier molecular flexibility index (Phi) is 5.22. The van der Waals surface area contributed by atoms with Crippen LogP contribution in [0.4, 0.5) is 0 Å². The minimum Gasteiger partial charge on any atom is -0.411 e. The highest BCUT2D eigenvalue weighted by molar-refractivity contribution is 7.98. The lowest BCUT2D eigenvalue weighted by molar-refractivity contribution is 0.391. The third-order valence-corrected chi connectivity index (χ3v) is 4.96. The maximum Gasteiger partial charge on any atom is 0.277 e. The van der Waals surface area contributed by atoms with Crippen molar-refractivity contribution in [2.45, 2.75) is 24.3 Å². The van der Waals surface area contributed by atoms with E-state index in [0.29, 0.717) is 33.6 Å². The molecule has 136 valence electrons. The van der Waals surface area contributed by atoms with Crippen LogP contribution < -0.4 is 0 Å². The van der Waals surface area contributed by atoms with E-state index in [9.17, 15) is 0 Å². The molecule has 0 saturated carbocycles. The average Bonchev–Trinajstić information content (AvgIpc) is 3.37. The van der Waals surface area contributed by atoms with Crippen LogP contribution in [0, 0.1) is 0 Å². The molecule has 27 heavy (non-hydrogen) atoms. The van der Waals surface area contributed by atoms with Crippen LogP contribution in [0.15, 0.2) is 62.7 Å². The number of thioether (sulfide) groups is 1. The Morgan fingerprint density at radius 2 is 1.70 bits per heavy atom. The molecule has 6 nitrogen and oxygen atoms in total. The summed E-state index contributed by atoms with van der Waals surface area (Å²) in [4.78, 5) is 4.42. The third kappa shape index (κ3) is 4.20. The highest BCUT2D eigenvalue weighted by atomic mass is 35.5. The van der Waals surface area contributed by atoms with Gasteiger partial charge in [0.1, 0.15) is 0 Å². The second-order valence-corrected chi connectivity index (χ2v) is 7.09. The van der Waals surface area contributed by atoms with Crippen LogP contribution in [0.2, 0.25) is 5.02 Å². The molecule has 0 fully saturated rings. The van der Waals surface area contributed by atoms with Crippen LogP contribution in [0.5, 0.6) is 0 Å². The molecule has 2 heterocycles. The predicted octanol–water partition coefficient (Wildman–Crippen LogP) is 5.29. The summed E-state index contributed by atoms with van der Waals surface area (Å²) in [6.45, 7) is 2.12. The predicted molar refractivity (Wildman–Crippen MR) is 103 cm³/mol. The minimum absolute atomic E-state index is 0.437. The van der Waals surface area contributed by atoms with Gasteiger partial charge in [-0.1, -0.05) is 59.7 Å². The number of hydrogen-bond donors (Lipinski definition) is 0. The van der Waals surface area contributed by atoms with E-state index in [-0.39, 0.29) is 0 Å². The zero-order valence-electron chi connectivity index (χ0n) is 14.4.